The molecule has 204 valence electrons. The summed E-state index contributed by atoms with van der Waals surface area (Å²) in [5.74, 6) is 0.373. The Bertz CT molecular complexity index is 945. The molecule has 0 spiro atoms. The molecule has 0 unspecified atom stereocenters. The van der Waals surface area contributed by atoms with E-state index in [0.717, 1.165) is 42.6 Å². The van der Waals surface area contributed by atoms with E-state index in [1.54, 1.807) is 11.1 Å². The van der Waals surface area contributed by atoms with Gasteiger partial charge in [-0.2, -0.15) is 0 Å². The van der Waals surface area contributed by atoms with E-state index in [4.69, 9.17) is 14.2 Å². The van der Waals surface area contributed by atoms with E-state index in [-0.39, 0.29) is 18.5 Å². The molecule has 2 aliphatic rings. The van der Waals surface area contributed by atoms with Crippen molar-refractivity contribution in [2.24, 2.45) is 0 Å². The lowest BCUT2D eigenvalue weighted by molar-refractivity contribution is -0.153. The van der Waals surface area contributed by atoms with Crippen molar-refractivity contribution in [1.82, 2.24) is 9.88 Å². The van der Waals surface area contributed by atoms with Crippen LogP contribution in [0.4, 0.5) is 4.79 Å². The molecule has 1 aliphatic carbocycles. The Balaban J connectivity index is 0.000000234. The molecule has 2 heterocycles. The number of nitrogens with zero attached hydrogens (tertiary/aromatic N) is 2. The number of rotatable bonds is 6. The molecule has 1 amide bonds. The van der Waals surface area contributed by atoms with Crippen molar-refractivity contribution < 1.29 is 23.8 Å². The highest BCUT2D eigenvalue weighted by Gasteiger charge is 2.18. The van der Waals surface area contributed by atoms with Crippen molar-refractivity contribution in [3.63, 3.8) is 0 Å². The first-order valence-electron chi connectivity index (χ1n) is 13.4. The van der Waals surface area contributed by atoms with Crippen LogP contribution in [0.15, 0.2) is 42.6 Å². The van der Waals surface area contributed by atoms with Gasteiger partial charge in [0.2, 0.25) is 5.88 Å². The first-order valence-corrected chi connectivity index (χ1v) is 13.4. The maximum atomic E-state index is 11.7. The number of likely N-dealkylation sites (tertiary alicyclic amines) is 1. The number of hydrogen-bond donors (Lipinski definition) is 0. The summed E-state index contributed by atoms with van der Waals surface area (Å²) in [5, 5.41) is 0. The van der Waals surface area contributed by atoms with Gasteiger partial charge in [-0.3, -0.25) is 4.79 Å². The van der Waals surface area contributed by atoms with Gasteiger partial charge in [0.25, 0.3) is 0 Å². The second-order valence-electron chi connectivity index (χ2n) is 10.3. The highest BCUT2D eigenvalue weighted by molar-refractivity contribution is 5.73. The minimum absolute atomic E-state index is 0.177. The molecule has 1 aromatic carbocycles. The smallest absolute Gasteiger partial charge is 0.410 e. The third-order valence-corrected chi connectivity index (χ3v) is 5.31. The highest BCUT2D eigenvalue weighted by atomic mass is 16.6. The van der Waals surface area contributed by atoms with Crippen molar-refractivity contribution in [1.29, 1.82) is 0 Å². The van der Waals surface area contributed by atoms with Crippen LogP contribution in [0.3, 0.4) is 0 Å². The Labute approximate surface area is 222 Å². The van der Waals surface area contributed by atoms with Crippen LogP contribution in [-0.4, -0.2) is 47.2 Å². The van der Waals surface area contributed by atoms with Crippen LogP contribution >= 0.6 is 0 Å². The lowest BCUT2D eigenvalue weighted by Crippen LogP contribution is -2.35. The molecule has 0 bridgehead atoms. The molecule has 2 fully saturated rings. The first-order chi connectivity index (χ1) is 17.7. The second kappa shape index (κ2) is 15.9. The number of aromatic nitrogens is 1. The Morgan fingerprint density at radius 1 is 0.946 bits per heavy atom. The molecule has 1 aliphatic heterocycles. The van der Waals surface area contributed by atoms with Crippen LogP contribution in [0.2, 0.25) is 0 Å². The summed E-state index contributed by atoms with van der Waals surface area (Å²) >= 11 is 0. The number of hydrogen-bond acceptors (Lipinski definition) is 6. The molecule has 7 nitrogen and oxygen atoms in total. The maximum absolute atomic E-state index is 11.7. The van der Waals surface area contributed by atoms with Crippen molar-refractivity contribution in [3.8, 4) is 5.88 Å². The summed E-state index contributed by atoms with van der Waals surface area (Å²) in [7, 11) is 0. The zero-order valence-electron chi connectivity index (χ0n) is 23.3. The Hall–Kier alpha value is -3.09. The summed E-state index contributed by atoms with van der Waals surface area (Å²) in [5.41, 5.74) is 2.35. The van der Waals surface area contributed by atoms with Gasteiger partial charge in [0.15, 0.2) is 0 Å². The average Bonchev–Trinajstić information content (AvgIpc) is 3.75. The summed E-state index contributed by atoms with van der Waals surface area (Å²) < 4.78 is 15.9. The summed E-state index contributed by atoms with van der Waals surface area (Å²) in [4.78, 5) is 29.3. The molecule has 1 saturated carbocycles. The number of carbonyl (C=O) groups excluding carboxylic acids is 2. The zero-order chi connectivity index (χ0) is 27.1. The van der Waals surface area contributed by atoms with Gasteiger partial charge in [0.1, 0.15) is 12.2 Å². The largest absolute Gasteiger partial charge is 0.478 e. The van der Waals surface area contributed by atoms with Gasteiger partial charge in [-0.25, -0.2) is 9.78 Å². The van der Waals surface area contributed by atoms with E-state index in [1.165, 1.54) is 25.7 Å². The third kappa shape index (κ3) is 13.7. The molecule has 1 aromatic heterocycles. The van der Waals surface area contributed by atoms with Gasteiger partial charge in [0.05, 0.1) is 13.0 Å². The number of esters is 1. The number of benzene rings is 1. The first kappa shape index (κ1) is 30.1. The number of piperidine rings is 1. The van der Waals surface area contributed by atoms with Gasteiger partial charge in [-0.15, -0.1) is 0 Å². The van der Waals surface area contributed by atoms with Crippen molar-refractivity contribution in [2.75, 3.05) is 19.7 Å². The molecule has 0 N–H and O–H groups in total. The lowest BCUT2D eigenvalue weighted by Gasteiger charge is -2.25. The van der Waals surface area contributed by atoms with E-state index in [1.807, 2.05) is 71.0 Å². The molecular weight excluding hydrogens is 468 g/mol. The predicted octanol–water partition coefficient (Wildman–Crippen LogP) is 6.65. The SMILES string of the molecule is C1CC1.CCOc1ncc(CC(=O)OC(C)(C)C)cc1C.O=C(OCc1ccccc1)N1CCCCC1. The van der Waals surface area contributed by atoms with Crippen LogP contribution in [0.25, 0.3) is 0 Å². The average molecular weight is 513 g/mol. The van der Waals surface area contributed by atoms with Crippen LogP contribution in [0.1, 0.15) is 82.9 Å². The summed E-state index contributed by atoms with van der Waals surface area (Å²) in [6.45, 7) is 12.0. The topological polar surface area (TPSA) is 78.0 Å². The standard InChI is InChI=1S/C14H21NO3.C13H17NO2.C3H6/c1-6-17-13-10(2)7-11(9-15-13)8-12(16)18-14(3,4)5;15-13(14-9-5-2-6-10-14)16-11-12-7-3-1-4-8-12;1-2-3-1/h7,9H,6,8H2,1-5H3;1,3-4,7-8H,2,5-6,9-11H2;1-3H2. The monoisotopic (exact) mass is 512 g/mol. The van der Waals surface area contributed by atoms with Crippen LogP contribution < -0.4 is 4.74 Å². The lowest BCUT2D eigenvalue weighted by atomic mass is 10.1. The van der Waals surface area contributed by atoms with Gasteiger partial charge in [-0.05, 0) is 71.1 Å². The molecule has 37 heavy (non-hydrogen) atoms. The number of pyridine rings is 1. The predicted molar refractivity (Wildman–Crippen MR) is 146 cm³/mol. The van der Waals surface area contributed by atoms with Gasteiger partial charge >= 0.3 is 12.1 Å². The van der Waals surface area contributed by atoms with E-state index < -0.39 is 5.60 Å². The van der Waals surface area contributed by atoms with Crippen LogP contribution in [-0.2, 0) is 27.3 Å². The summed E-state index contributed by atoms with van der Waals surface area (Å²) in [6.07, 6.45) is 9.63. The minimum Gasteiger partial charge on any atom is -0.478 e. The normalized spacial score (nSPS) is 14.2. The fourth-order valence-corrected chi connectivity index (χ4v) is 3.44. The minimum atomic E-state index is -0.454. The third-order valence-electron chi connectivity index (χ3n) is 5.31. The summed E-state index contributed by atoms with van der Waals surface area (Å²) in [6, 6.07) is 11.7. The number of carbonyl (C=O) groups is 2. The van der Waals surface area contributed by atoms with Crippen LogP contribution in [0, 0.1) is 6.92 Å². The maximum Gasteiger partial charge on any atom is 0.410 e. The van der Waals surface area contributed by atoms with Crippen LogP contribution in [0.5, 0.6) is 5.88 Å². The fourth-order valence-electron chi connectivity index (χ4n) is 3.44. The fraction of sp³-hybridized carbons (Fsp3) is 0.567. The van der Waals surface area contributed by atoms with E-state index in [0.29, 0.717) is 19.1 Å². The van der Waals surface area contributed by atoms with Gasteiger partial charge in [0, 0.05) is 24.8 Å². The molecule has 1 saturated heterocycles. The number of amides is 1. The molecule has 0 atom stereocenters. The molecule has 2 aromatic rings. The quantitative estimate of drug-likeness (QED) is 0.403. The molecule has 0 radical (unpaired) electrons. The Morgan fingerprint density at radius 2 is 1.57 bits per heavy atom. The molecule has 7 heteroatoms. The second-order valence-corrected chi connectivity index (χ2v) is 10.3. The van der Waals surface area contributed by atoms with Crippen molar-refractivity contribution in [2.45, 2.75) is 91.8 Å². The van der Waals surface area contributed by atoms with Gasteiger partial charge in [-0.1, -0.05) is 49.6 Å². The van der Waals surface area contributed by atoms with Gasteiger partial charge < -0.3 is 19.1 Å². The Kier molecular flexibility index (Phi) is 12.9. The van der Waals surface area contributed by atoms with Crippen molar-refractivity contribution >= 4 is 12.1 Å². The molecule has 4 rings (SSSR count). The zero-order valence-corrected chi connectivity index (χ0v) is 23.3. The number of aryl methyl sites for hydroxylation is 1. The molecular formula is C30H44N2O5. The Morgan fingerprint density at radius 3 is 2.11 bits per heavy atom. The highest BCUT2D eigenvalue weighted by Crippen LogP contribution is 2.17. The van der Waals surface area contributed by atoms with E-state index in [2.05, 4.69) is 4.98 Å². The van der Waals surface area contributed by atoms with E-state index in [9.17, 15) is 9.59 Å². The van der Waals surface area contributed by atoms with E-state index >= 15 is 0 Å². The number of ether oxygens (including phenoxy) is 3. The van der Waals surface area contributed by atoms with Crippen molar-refractivity contribution in [3.05, 3.63) is 59.3 Å².